The zero-order valence-corrected chi connectivity index (χ0v) is 16.8. The van der Waals surface area contributed by atoms with Crippen LogP contribution in [0.25, 0.3) is 0 Å². The van der Waals surface area contributed by atoms with Crippen molar-refractivity contribution < 1.29 is 0 Å². The van der Waals surface area contributed by atoms with E-state index in [9.17, 15) is 0 Å². The molecule has 2 saturated heterocycles. The lowest BCUT2D eigenvalue weighted by molar-refractivity contribution is 0.0349. The first kappa shape index (κ1) is 18.7. The smallest absolute Gasteiger partial charge is 0.0113 e. The second-order valence-corrected chi connectivity index (χ2v) is 9.51. The van der Waals surface area contributed by atoms with Crippen LogP contribution in [-0.2, 0) is 0 Å². The molecule has 0 bridgehead atoms. The highest BCUT2D eigenvalue weighted by Crippen LogP contribution is 2.49. The van der Waals surface area contributed by atoms with Crippen molar-refractivity contribution in [2.75, 3.05) is 52.4 Å². The van der Waals surface area contributed by atoms with Crippen molar-refractivity contribution in [1.29, 1.82) is 0 Å². The molecule has 3 fully saturated rings. The van der Waals surface area contributed by atoms with Crippen molar-refractivity contribution >= 4 is 0 Å². The molecule has 1 atom stereocenters. The Morgan fingerprint density at radius 1 is 0.792 bits per heavy atom. The summed E-state index contributed by atoms with van der Waals surface area (Å²) in [6, 6.07) is 0.763. The molecule has 24 heavy (non-hydrogen) atoms. The molecule has 3 nitrogen and oxygen atoms in total. The molecular formula is C21H41N3. The van der Waals surface area contributed by atoms with Gasteiger partial charge in [0.2, 0.25) is 0 Å². The summed E-state index contributed by atoms with van der Waals surface area (Å²) in [6.07, 6.45) is 8.44. The summed E-state index contributed by atoms with van der Waals surface area (Å²) in [5.41, 5.74) is 1.28. The predicted molar refractivity (Wildman–Crippen MR) is 104 cm³/mol. The van der Waals surface area contributed by atoms with Gasteiger partial charge in [-0.1, -0.05) is 20.8 Å². The minimum absolute atomic E-state index is 0.554. The van der Waals surface area contributed by atoms with Crippen molar-refractivity contribution in [1.82, 2.24) is 14.7 Å². The van der Waals surface area contributed by atoms with Crippen LogP contribution >= 0.6 is 0 Å². The lowest BCUT2D eigenvalue weighted by Gasteiger charge is -2.45. The van der Waals surface area contributed by atoms with Crippen molar-refractivity contribution in [3.63, 3.8) is 0 Å². The van der Waals surface area contributed by atoms with E-state index < -0.39 is 0 Å². The van der Waals surface area contributed by atoms with Gasteiger partial charge in [-0.3, -0.25) is 4.90 Å². The number of piperazine rings is 1. The molecule has 2 heterocycles. The van der Waals surface area contributed by atoms with Crippen LogP contribution in [0, 0.1) is 10.8 Å². The minimum atomic E-state index is 0.554. The molecule has 2 aliphatic heterocycles. The van der Waals surface area contributed by atoms with Gasteiger partial charge >= 0.3 is 0 Å². The Kier molecular flexibility index (Phi) is 5.94. The number of rotatable bonds is 7. The summed E-state index contributed by atoms with van der Waals surface area (Å²) >= 11 is 0. The van der Waals surface area contributed by atoms with Crippen LogP contribution in [0.2, 0.25) is 0 Å². The van der Waals surface area contributed by atoms with Crippen LogP contribution < -0.4 is 0 Å². The third-order valence-electron chi connectivity index (χ3n) is 7.56. The average molecular weight is 336 g/mol. The van der Waals surface area contributed by atoms with Crippen LogP contribution in [0.4, 0.5) is 0 Å². The molecule has 0 amide bonds. The molecule has 1 saturated carbocycles. The number of hydrogen-bond acceptors (Lipinski definition) is 3. The molecular weight excluding hydrogens is 294 g/mol. The highest BCUT2D eigenvalue weighted by molar-refractivity contribution is 4.96. The Morgan fingerprint density at radius 3 is 1.88 bits per heavy atom. The maximum absolute atomic E-state index is 2.78. The molecule has 3 aliphatic rings. The Morgan fingerprint density at radius 2 is 1.38 bits per heavy atom. The number of hydrogen-bond donors (Lipinski definition) is 0. The fourth-order valence-electron chi connectivity index (χ4n) is 4.84. The van der Waals surface area contributed by atoms with E-state index in [1.165, 1.54) is 90.9 Å². The highest BCUT2D eigenvalue weighted by Gasteiger charge is 2.43. The van der Waals surface area contributed by atoms with E-state index in [1.807, 2.05) is 0 Å². The van der Waals surface area contributed by atoms with Crippen molar-refractivity contribution in [2.24, 2.45) is 10.8 Å². The maximum atomic E-state index is 2.78. The van der Waals surface area contributed by atoms with Gasteiger partial charge in [-0.05, 0) is 69.4 Å². The monoisotopic (exact) mass is 335 g/mol. The molecule has 3 heteroatoms. The van der Waals surface area contributed by atoms with Crippen LogP contribution in [0.5, 0.6) is 0 Å². The SMILES string of the molecule is CCC(C)N1CCN(CC2(C)CCN(CC3(CC)CC3)CC2)CC1. The number of likely N-dealkylation sites (tertiary alicyclic amines) is 1. The molecule has 1 aliphatic carbocycles. The van der Waals surface area contributed by atoms with E-state index >= 15 is 0 Å². The molecule has 140 valence electrons. The number of piperidine rings is 1. The fourth-order valence-corrected chi connectivity index (χ4v) is 4.84. The van der Waals surface area contributed by atoms with E-state index in [0.29, 0.717) is 5.41 Å². The molecule has 0 aromatic rings. The van der Waals surface area contributed by atoms with Gasteiger partial charge in [-0.2, -0.15) is 0 Å². The lowest BCUT2D eigenvalue weighted by Crippen LogP contribution is -2.53. The largest absolute Gasteiger partial charge is 0.303 e. The minimum Gasteiger partial charge on any atom is -0.303 e. The fraction of sp³-hybridized carbons (Fsp3) is 1.00. The van der Waals surface area contributed by atoms with Crippen LogP contribution in [-0.4, -0.2) is 73.1 Å². The van der Waals surface area contributed by atoms with E-state index in [4.69, 9.17) is 0 Å². The Bertz CT molecular complexity index is 388. The summed E-state index contributed by atoms with van der Waals surface area (Å²) in [4.78, 5) is 8.21. The van der Waals surface area contributed by atoms with Crippen molar-refractivity contribution in [3.8, 4) is 0 Å². The van der Waals surface area contributed by atoms with Crippen LogP contribution in [0.3, 0.4) is 0 Å². The van der Waals surface area contributed by atoms with Crippen molar-refractivity contribution in [2.45, 2.75) is 72.3 Å². The maximum Gasteiger partial charge on any atom is 0.0113 e. The quantitative estimate of drug-likeness (QED) is 0.702. The summed E-state index contributed by atoms with van der Waals surface area (Å²) < 4.78 is 0. The normalized spacial score (nSPS) is 29.5. The van der Waals surface area contributed by atoms with Crippen molar-refractivity contribution in [3.05, 3.63) is 0 Å². The third-order valence-corrected chi connectivity index (χ3v) is 7.56. The molecule has 0 spiro atoms. The van der Waals surface area contributed by atoms with Crippen LogP contribution in [0.15, 0.2) is 0 Å². The summed E-state index contributed by atoms with van der Waals surface area (Å²) in [7, 11) is 0. The predicted octanol–water partition coefficient (Wildman–Crippen LogP) is 3.69. The van der Waals surface area contributed by atoms with Gasteiger partial charge in [0.25, 0.3) is 0 Å². The summed E-state index contributed by atoms with van der Waals surface area (Å²) in [6.45, 7) is 20.1. The van der Waals surface area contributed by atoms with Gasteiger partial charge in [0, 0.05) is 45.3 Å². The lowest BCUT2D eigenvalue weighted by atomic mass is 9.79. The Balaban J connectivity index is 1.40. The van der Waals surface area contributed by atoms with E-state index in [0.717, 1.165) is 11.5 Å². The highest BCUT2D eigenvalue weighted by atomic mass is 15.3. The second kappa shape index (κ2) is 7.63. The van der Waals surface area contributed by atoms with Gasteiger partial charge in [-0.15, -0.1) is 0 Å². The molecule has 0 radical (unpaired) electrons. The first-order valence-electron chi connectivity index (χ1n) is 10.7. The van der Waals surface area contributed by atoms with E-state index in [2.05, 4.69) is 42.4 Å². The molecule has 0 aromatic heterocycles. The first-order chi connectivity index (χ1) is 11.5. The topological polar surface area (TPSA) is 9.72 Å². The number of nitrogens with zero attached hydrogens (tertiary/aromatic N) is 3. The molecule has 3 rings (SSSR count). The summed E-state index contributed by atoms with van der Waals surface area (Å²) in [5.74, 6) is 0. The third kappa shape index (κ3) is 4.53. The van der Waals surface area contributed by atoms with Gasteiger partial charge in [0.15, 0.2) is 0 Å². The summed E-state index contributed by atoms with van der Waals surface area (Å²) in [5, 5.41) is 0. The zero-order valence-electron chi connectivity index (χ0n) is 16.8. The standard InChI is InChI=1S/C21H41N3/c1-5-19(3)24-15-13-23(14-16-24)17-20(4)9-11-22(12-10-20)18-21(6-2)7-8-21/h19H,5-18H2,1-4H3. The van der Waals surface area contributed by atoms with Gasteiger partial charge in [0.05, 0.1) is 0 Å². The Hall–Kier alpha value is -0.120. The second-order valence-electron chi connectivity index (χ2n) is 9.51. The molecule has 1 unspecified atom stereocenters. The van der Waals surface area contributed by atoms with Gasteiger partial charge in [-0.25, -0.2) is 0 Å². The zero-order chi connectivity index (χ0) is 17.2. The molecule has 0 N–H and O–H groups in total. The molecule has 0 aromatic carbocycles. The van der Waals surface area contributed by atoms with Gasteiger partial charge in [0.1, 0.15) is 0 Å². The van der Waals surface area contributed by atoms with E-state index in [-0.39, 0.29) is 0 Å². The average Bonchev–Trinajstić information content (AvgIpc) is 3.37. The van der Waals surface area contributed by atoms with E-state index in [1.54, 1.807) is 0 Å². The van der Waals surface area contributed by atoms with Gasteiger partial charge < -0.3 is 9.80 Å². The van der Waals surface area contributed by atoms with Crippen LogP contribution in [0.1, 0.15) is 66.2 Å². The Labute approximate surface area is 150 Å². The first-order valence-corrected chi connectivity index (χ1v) is 10.7.